The van der Waals surface area contributed by atoms with Gasteiger partial charge in [-0.1, -0.05) is 24.3 Å². The highest BCUT2D eigenvalue weighted by atomic mass is 16.5. The van der Waals surface area contributed by atoms with Crippen molar-refractivity contribution in [2.45, 2.75) is 12.2 Å². The molecule has 0 aromatic carbocycles. The fourth-order valence-corrected chi connectivity index (χ4v) is 1.25. The molecule has 0 atom stereocenters. The van der Waals surface area contributed by atoms with Gasteiger partial charge in [0, 0.05) is 0 Å². The molecule has 0 N–H and O–H groups in total. The zero-order chi connectivity index (χ0) is 9.64. The van der Waals surface area contributed by atoms with E-state index >= 15 is 0 Å². The maximum atomic E-state index is 5.34. The van der Waals surface area contributed by atoms with Gasteiger partial charge in [-0.05, 0) is 24.3 Å². The fraction of sp³-hybridized carbons (Fsp3) is 0.167. The van der Waals surface area contributed by atoms with E-state index in [4.69, 9.17) is 9.47 Å². The molecule has 0 bridgehead atoms. The molecule has 2 aliphatic rings. The molecule has 0 saturated heterocycles. The Balaban J connectivity index is 1.67. The van der Waals surface area contributed by atoms with Gasteiger partial charge in [-0.3, -0.25) is 0 Å². The standard InChI is InChI=1S/C12H12O2/c1-2-6-11(5-1)13-9-10-14-12-7-3-4-8-12/h1-12H. The van der Waals surface area contributed by atoms with Crippen LogP contribution in [0.25, 0.3) is 0 Å². The number of hydrogen-bond acceptors (Lipinski definition) is 2. The lowest BCUT2D eigenvalue weighted by Crippen LogP contribution is -2.00. The van der Waals surface area contributed by atoms with Crippen LogP contribution in [0.4, 0.5) is 0 Å². The maximum absolute atomic E-state index is 5.34. The Morgan fingerprint density at radius 3 is 1.36 bits per heavy atom. The highest BCUT2D eigenvalue weighted by Crippen LogP contribution is 2.07. The monoisotopic (exact) mass is 188 g/mol. The van der Waals surface area contributed by atoms with Crippen molar-refractivity contribution in [3.63, 3.8) is 0 Å². The van der Waals surface area contributed by atoms with Gasteiger partial charge < -0.3 is 9.47 Å². The first-order chi connectivity index (χ1) is 6.95. The molecular formula is C12H12O2. The van der Waals surface area contributed by atoms with Crippen molar-refractivity contribution in [1.82, 2.24) is 0 Å². The second-order valence-electron chi connectivity index (χ2n) is 3.01. The molecule has 72 valence electrons. The van der Waals surface area contributed by atoms with Crippen molar-refractivity contribution in [2.75, 3.05) is 0 Å². The van der Waals surface area contributed by atoms with Gasteiger partial charge in [-0.2, -0.15) is 0 Å². The molecule has 2 rings (SSSR count). The van der Waals surface area contributed by atoms with E-state index in [2.05, 4.69) is 0 Å². The van der Waals surface area contributed by atoms with Crippen molar-refractivity contribution in [3.05, 3.63) is 61.1 Å². The SMILES string of the molecule is C1=CC(OC=COC2C=CC=C2)C=C1. The van der Waals surface area contributed by atoms with Crippen LogP contribution in [0.2, 0.25) is 0 Å². The van der Waals surface area contributed by atoms with E-state index in [-0.39, 0.29) is 12.2 Å². The van der Waals surface area contributed by atoms with Crippen LogP contribution in [-0.4, -0.2) is 12.2 Å². The Kier molecular flexibility index (Phi) is 2.86. The summed E-state index contributed by atoms with van der Waals surface area (Å²) in [6.45, 7) is 0. The summed E-state index contributed by atoms with van der Waals surface area (Å²) in [5.74, 6) is 0. The van der Waals surface area contributed by atoms with E-state index in [0.29, 0.717) is 0 Å². The third-order valence-corrected chi connectivity index (χ3v) is 1.95. The second-order valence-corrected chi connectivity index (χ2v) is 3.01. The van der Waals surface area contributed by atoms with Crippen LogP contribution in [0.3, 0.4) is 0 Å². The second kappa shape index (κ2) is 4.51. The summed E-state index contributed by atoms with van der Waals surface area (Å²) in [6.07, 6.45) is 19.0. The molecule has 0 unspecified atom stereocenters. The summed E-state index contributed by atoms with van der Waals surface area (Å²) in [5.41, 5.74) is 0. The van der Waals surface area contributed by atoms with Gasteiger partial charge in [0.1, 0.15) is 24.7 Å². The Bertz CT molecular complexity index is 265. The van der Waals surface area contributed by atoms with Crippen LogP contribution in [0.15, 0.2) is 61.1 Å². The van der Waals surface area contributed by atoms with E-state index in [1.54, 1.807) is 12.5 Å². The molecule has 2 aliphatic carbocycles. The van der Waals surface area contributed by atoms with Gasteiger partial charge in [-0.25, -0.2) is 0 Å². The van der Waals surface area contributed by atoms with Crippen LogP contribution in [0.5, 0.6) is 0 Å². The minimum atomic E-state index is 0.0597. The van der Waals surface area contributed by atoms with E-state index in [1.807, 2.05) is 48.6 Å². The van der Waals surface area contributed by atoms with E-state index < -0.39 is 0 Å². The summed E-state index contributed by atoms with van der Waals surface area (Å²) >= 11 is 0. The molecule has 14 heavy (non-hydrogen) atoms. The lowest BCUT2D eigenvalue weighted by molar-refractivity contribution is 0.185. The molecule has 0 saturated carbocycles. The van der Waals surface area contributed by atoms with Crippen LogP contribution in [0, 0.1) is 0 Å². The molecule has 0 aromatic rings. The van der Waals surface area contributed by atoms with Gasteiger partial charge in [0.2, 0.25) is 0 Å². The summed E-state index contributed by atoms with van der Waals surface area (Å²) < 4.78 is 10.7. The van der Waals surface area contributed by atoms with Crippen molar-refractivity contribution < 1.29 is 9.47 Å². The van der Waals surface area contributed by atoms with Crippen LogP contribution in [-0.2, 0) is 9.47 Å². The predicted octanol–water partition coefficient (Wildman–Crippen LogP) is 2.48. The topological polar surface area (TPSA) is 18.5 Å². The largest absolute Gasteiger partial charge is 0.487 e. The van der Waals surface area contributed by atoms with Gasteiger partial charge in [0.15, 0.2) is 0 Å². The summed E-state index contributed by atoms with van der Waals surface area (Å²) in [4.78, 5) is 0. The van der Waals surface area contributed by atoms with Crippen molar-refractivity contribution in [3.8, 4) is 0 Å². The van der Waals surface area contributed by atoms with Gasteiger partial charge in [-0.15, -0.1) is 0 Å². The van der Waals surface area contributed by atoms with Crippen LogP contribution in [0.1, 0.15) is 0 Å². The molecule has 0 fully saturated rings. The summed E-state index contributed by atoms with van der Waals surface area (Å²) in [7, 11) is 0. The zero-order valence-electron chi connectivity index (χ0n) is 7.74. The highest BCUT2D eigenvalue weighted by Gasteiger charge is 2.02. The van der Waals surface area contributed by atoms with Crippen molar-refractivity contribution >= 4 is 0 Å². The van der Waals surface area contributed by atoms with Crippen LogP contribution >= 0.6 is 0 Å². The first kappa shape index (κ1) is 8.88. The molecular weight excluding hydrogens is 176 g/mol. The molecule has 0 aromatic heterocycles. The van der Waals surface area contributed by atoms with E-state index in [1.165, 1.54) is 0 Å². The third kappa shape index (κ3) is 2.39. The van der Waals surface area contributed by atoms with Gasteiger partial charge in [0.05, 0.1) is 0 Å². The highest BCUT2D eigenvalue weighted by molar-refractivity contribution is 5.20. The number of hydrogen-bond donors (Lipinski definition) is 0. The normalized spacial score (nSPS) is 20.3. The summed E-state index contributed by atoms with van der Waals surface area (Å²) in [6, 6.07) is 0. The minimum Gasteiger partial charge on any atom is -0.487 e. The molecule has 0 heterocycles. The van der Waals surface area contributed by atoms with Crippen molar-refractivity contribution in [2.24, 2.45) is 0 Å². The third-order valence-electron chi connectivity index (χ3n) is 1.95. The van der Waals surface area contributed by atoms with E-state index in [9.17, 15) is 0 Å². The quantitative estimate of drug-likeness (QED) is 0.631. The molecule has 0 aliphatic heterocycles. The first-order valence-electron chi connectivity index (χ1n) is 4.61. The lowest BCUT2D eigenvalue weighted by Gasteiger charge is -2.06. The predicted molar refractivity (Wildman–Crippen MR) is 55.4 cm³/mol. The Morgan fingerprint density at radius 2 is 1.00 bits per heavy atom. The van der Waals surface area contributed by atoms with Gasteiger partial charge in [0.25, 0.3) is 0 Å². The van der Waals surface area contributed by atoms with E-state index in [0.717, 1.165) is 0 Å². The lowest BCUT2D eigenvalue weighted by atomic mass is 10.4. The molecule has 2 nitrogen and oxygen atoms in total. The molecule has 0 radical (unpaired) electrons. The first-order valence-corrected chi connectivity index (χ1v) is 4.61. The van der Waals surface area contributed by atoms with Crippen LogP contribution < -0.4 is 0 Å². The minimum absolute atomic E-state index is 0.0597. The average Bonchev–Trinajstić information content (AvgIpc) is 2.86. The molecule has 2 heteroatoms. The number of ether oxygens (including phenoxy) is 2. The Morgan fingerprint density at radius 1 is 0.643 bits per heavy atom. The Labute approximate surface area is 83.5 Å². The average molecular weight is 188 g/mol. The molecule has 0 spiro atoms. The zero-order valence-corrected chi connectivity index (χ0v) is 7.74. The smallest absolute Gasteiger partial charge is 0.135 e. The van der Waals surface area contributed by atoms with Crippen molar-refractivity contribution in [1.29, 1.82) is 0 Å². The van der Waals surface area contributed by atoms with Gasteiger partial charge >= 0.3 is 0 Å². The maximum Gasteiger partial charge on any atom is 0.135 e. The Hall–Kier alpha value is -1.70. The number of rotatable bonds is 4. The summed E-state index contributed by atoms with van der Waals surface area (Å²) in [5, 5.41) is 0. The number of allylic oxidation sites excluding steroid dienone is 4. The molecule has 0 amide bonds. The fourth-order valence-electron chi connectivity index (χ4n) is 1.25.